The summed E-state index contributed by atoms with van der Waals surface area (Å²) < 4.78 is 6.47. The third kappa shape index (κ3) is 4.39. The molecular formula is C20H24N6O3. The molecule has 152 valence electrons. The molecule has 2 aromatic heterocycles. The van der Waals surface area contributed by atoms with E-state index in [1.807, 2.05) is 13.0 Å². The van der Waals surface area contributed by atoms with Gasteiger partial charge in [-0.15, -0.1) is 0 Å². The summed E-state index contributed by atoms with van der Waals surface area (Å²) in [4.78, 5) is 35.4. The van der Waals surface area contributed by atoms with Crippen LogP contribution in [0.4, 0.5) is 11.6 Å². The summed E-state index contributed by atoms with van der Waals surface area (Å²) in [5, 5.41) is 6.04. The van der Waals surface area contributed by atoms with Crippen LogP contribution in [0.15, 0.2) is 39.5 Å². The lowest BCUT2D eigenvalue weighted by molar-refractivity contribution is -0.121. The number of fused-ring (bicyclic) bond motifs is 1. The predicted octanol–water partition coefficient (Wildman–Crippen LogP) is 1.52. The number of nitrogens with zero attached hydrogens (tertiary/aromatic N) is 4. The Morgan fingerprint density at radius 3 is 2.79 bits per heavy atom. The Morgan fingerprint density at radius 1 is 1.17 bits per heavy atom. The van der Waals surface area contributed by atoms with E-state index < -0.39 is 5.76 Å². The van der Waals surface area contributed by atoms with Gasteiger partial charge >= 0.3 is 5.76 Å². The lowest BCUT2D eigenvalue weighted by Crippen LogP contribution is -2.33. The zero-order valence-corrected chi connectivity index (χ0v) is 16.4. The molecule has 1 aromatic carbocycles. The molecular weight excluding hydrogens is 372 g/mol. The van der Waals surface area contributed by atoms with E-state index in [4.69, 9.17) is 4.42 Å². The molecule has 0 atom stereocenters. The van der Waals surface area contributed by atoms with Gasteiger partial charge in [0, 0.05) is 32.2 Å². The zero-order valence-electron chi connectivity index (χ0n) is 16.4. The van der Waals surface area contributed by atoms with Gasteiger partial charge in [0.15, 0.2) is 5.58 Å². The maximum absolute atomic E-state index is 12.2. The SMILES string of the molecule is Cc1nc(NCCNC(=O)Cn2c(=O)oc3ccccc32)cc(N2CCCC2)n1. The van der Waals surface area contributed by atoms with Crippen LogP contribution in [0.25, 0.3) is 11.1 Å². The highest BCUT2D eigenvalue weighted by atomic mass is 16.4. The number of amides is 1. The van der Waals surface area contributed by atoms with Crippen molar-refractivity contribution in [3.63, 3.8) is 0 Å². The molecule has 0 unspecified atom stereocenters. The van der Waals surface area contributed by atoms with Gasteiger partial charge in [-0.05, 0) is 31.9 Å². The van der Waals surface area contributed by atoms with E-state index >= 15 is 0 Å². The molecule has 0 saturated carbocycles. The molecule has 1 saturated heterocycles. The second-order valence-electron chi connectivity index (χ2n) is 7.05. The first-order valence-electron chi connectivity index (χ1n) is 9.80. The molecule has 2 N–H and O–H groups in total. The molecule has 0 spiro atoms. The smallest absolute Gasteiger partial charge is 0.408 e. The number of nitrogens with one attached hydrogen (secondary N) is 2. The van der Waals surface area contributed by atoms with E-state index in [-0.39, 0.29) is 12.5 Å². The summed E-state index contributed by atoms with van der Waals surface area (Å²) >= 11 is 0. The fraction of sp³-hybridized carbons (Fsp3) is 0.400. The Morgan fingerprint density at radius 2 is 1.97 bits per heavy atom. The lowest BCUT2D eigenvalue weighted by Gasteiger charge is -2.17. The van der Waals surface area contributed by atoms with Crippen LogP contribution in [0.3, 0.4) is 0 Å². The fourth-order valence-corrected chi connectivity index (χ4v) is 3.51. The van der Waals surface area contributed by atoms with Crippen LogP contribution in [-0.2, 0) is 11.3 Å². The van der Waals surface area contributed by atoms with Gasteiger partial charge in [-0.3, -0.25) is 9.36 Å². The van der Waals surface area contributed by atoms with Crippen molar-refractivity contribution in [2.75, 3.05) is 36.4 Å². The Hall–Kier alpha value is -3.36. The van der Waals surface area contributed by atoms with Crippen molar-refractivity contribution in [3.8, 4) is 0 Å². The van der Waals surface area contributed by atoms with E-state index in [9.17, 15) is 9.59 Å². The predicted molar refractivity (Wildman–Crippen MR) is 110 cm³/mol. The fourth-order valence-electron chi connectivity index (χ4n) is 3.51. The average molecular weight is 396 g/mol. The van der Waals surface area contributed by atoms with Crippen LogP contribution in [-0.4, -0.2) is 46.6 Å². The first kappa shape index (κ1) is 19.0. The van der Waals surface area contributed by atoms with E-state index in [2.05, 4.69) is 25.5 Å². The Labute approximate surface area is 167 Å². The molecule has 1 aliphatic heterocycles. The summed E-state index contributed by atoms with van der Waals surface area (Å²) in [7, 11) is 0. The standard InChI is InChI=1S/C20H24N6O3/c1-14-23-17(12-18(24-14)25-10-4-5-11-25)21-8-9-22-19(27)13-26-15-6-2-3-7-16(15)29-20(26)28/h2-3,6-7,12H,4-5,8-11,13H2,1H3,(H,22,27)(H,21,23,24). The van der Waals surface area contributed by atoms with Crippen LogP contribution in [0.1, 0.15) is 18.7 Å². The van der Waals surface area contributed by atoms with Crippen molar-refractivity contribution in [1.82, 2.24) is 19.9 Å². The zero-order chi connectivity index (χ0) is 20.2. The highest BCUT2D eigenvalue weighted by molar-refractivity contribution is 5.79. The highest BCUT2D eigenvalue weighted by Crippen LogP contribution is 2.20. The summed E-state index contributed by atoms with van der Waals surface area (Å²) in [5.41, 5.74) is 1.08. The maximum Gasteiger partial charge on any atom is 0.420 e. The molecule has 3 aromatic rings. The maximum atomic E-state index is 12.2. The number of para-hydroxylation sites is 2. The molecule has 1 amide bonds. The van der Waals surface area contributed by atoms with Crippen LogP contribution in [0.5, 0.6) is 0 Å². The Kier molecular flexibility index (Phi) is 5.46. The molecule has 0 aliphatic carbocycles. The number of anilines is 2. The van der Waals surface area contributed by atoms with Crippen LogP contribution in [0.2, 0.25) is 0 Å². The number of hydrogen-bond donors (Lipinski definition) is 2. The second-order valence-corrected chi connectivity index (χ2v) is 7.05. The number of aryl methyl sites for hydroxylation is 1. The second kappa shape index (κ2) is 8.34. The van der Waals surface area contributed by atoms with Gasteiger partial charge in [-0.2, -0.15) is 0 Å². The Bertz CT molecular complexity index is 1070. The number of carbonyl (C=O) groups excluding carboxylic acids is 1. The summed E-state index contributed by atoms with van der Waals surface area (Å²) in [5.74, 6) is 1.60. The van der Waals surface area contributed by atoms with Gasteiger partial charge < -0.3 is 20.0 Å². The van der Waals surface area contributed by atoms with E-state index in [1.165, 1.54) is 17.4 Å². The first-order valence-corrected chi connectivity index (χ1v) is 9.80. The van der Waals surface area contributed by atoms with Gasteiger partial charge in [0.1, 0.15) is 24.0 Å². The summed E-state index contributed by atoms with van der Waals surface area (Å²) in [6.07, 6.45) is 2.37. The minimum absolute atomic E-state index is 0.0818. The number of carbonyl (C=O) groups is 1. The molecule has 9 nitrogen and oxygen atoms in total. The van der Waals surface area contributed by atoms with Gasteiger partial charge in [0.2, 0.25) is 5.91 Å². The number of rotatable bonds is 7. The van der Waals surface area contributed by atoms with Crippen LogP contribution in [0, 0.1) is 6.92 Å². The van der Waals surface area contributed by atoms with Gasteiger partial charge in [0.05, 0.1) is 5.52 Å². The molecule has 0 radical (unpaired) electrons. The van der Waals surface area contributed by atoms with Crippen molar-refractivity contribution >= 4 is 28.6 Å². The summed E-state index contributed by atoms with van der Waals surface area (Å²) in [6.45, 7) is 4.76. The molecule has 4 rings (SSSR count). The van der Waals surface area contributed by atoms with Crippen molar-refractivity contribution < 1.29 is 9.21 Å². The topological polar surface area (TPSA) is 105 Å². The van der Waals surface area contributed by atoms with Gasteiger partial charge in [-0.1, -0.05) is 12.1 Å². The first-order chi connectivity index (χ1) is 14.1. The van der Waals surface area contributed by atoms with E-state index in [1.54, 1.807) is 24.3 Å². The van der Waals surface area contributed by atoms with Crippen molar-refractivity contribution in [2.24, 2.45) is 0 Å². The molecule has 29 heavy (non-hydrogen) atoms. The van der Waals surface area contributed by atoms with E-state index in [0.717, 1.165) is 24.7 Å². The van der Waals surface area contributed by atoms with Crippen molar-refractivity contribution in [2.45, 2.75) is 26.3 Å². The minimum Gasteiger partial charge on any atom is -0.408 e. The quantitative estimate of drug-likeness (QED) is 0.583. The van der Waals surface area contributed by atoms with Crippen molar-refractivity contribution in [3.05, 3.63) is 46.7 Å². The molecule has 9 heteroatoms. The van der Waals surface area contributed by atoms with E-state index in [0.29, 0.717) is 30.0 Å². The largest absolute Gasteiger partial charge is 0.420 e. The number of oxazole rings is 1. The molecule has 1 fully saturated rings. The lowest BCUT2D eigenvalue weighted by atomic mass is 10.3. The highest BCUT2D eigenvalue weighted by Gasteiger charge is 2.15. The van der Waals surface area contributed by atoms with Crippen LogP contribution < -0.4 is 21.3 Å². The molecule has 0 bridgehead atoms. The minimum atomic E-state index is -0.537. The normalized spacial score (nSPS) is 13.8. The van der Waals surface area contributed by atoms with Gasteiger partial charge in [0.25, 0.3) is 0 Å². The third-order valence-electron chi connectivity index (χ3n) is 4.88. The third-order valence-corrected chi connectivity index (χ3v) is 4.88. The average Bonchev–Trinajstić information content (AvgIpc) is 3.34. The number of aromatic nitrogens is 3. The number of hydrogen-bond acceptors (Lipinski definition) is 7. The van der Waals surface area contributed by atoms with Crippen molar-refractivity contribution in [1.29, 1.82) is 0 Å². The number of benzene rings is 1. The molecule has 3 heterocycles. The van der Waals surface area contributed by atoms with Gasteiger partial charge in [-0.25, -0.2) is 14.8 Å². The summed E-state index contributed by atoms with van der Waals surface area (Å²) in [6, 6.07) is 8.98. The Balaban J connectivity index is 1.30. The molecule has 1 aliphatic rings. The van der Waals surface area contributed by atoms with Crippen LogP contribution >= 0.6 is 0 Å². The monoisotopic (exact) mass is 396 g/mol.